The normalized spacial score (nSPS) is 15.9. The van der Waals surface area contributed by atoms with Gasteiger partial charge in [-0.05, 0) is 37.1 Å². The van der Waals surface area contributed by atoms with E-state index in [1.54, 1.807) is 6.07 Å². The van der Waals surface area contributed by atoms with E-state index in [1.807, 2.05) is 29.1 Å². The highest BCUT2D eigenvalue weighted by atomic mass is 35.5. The number of halogens is 1. The molecule has 2 heterocycles. The number of benzene rings is 1. The largest absolute Gasteiger partial charge is 0.382 e. The second-order valence-corrected chi connectivity index (χ2v) is 5.62. The van der Waals surface area contributed by atoms with Gasteiger partial charge in [-0.1, -0.05) is 11.6 Å². The van der Waals surface area contributed by atoms with Gasteiger partial charge in [0, 0.05) is 19.3 Å². The Morgan fingerprint density at radius 1 is 1.29 bits per heavy atom. The summed E-state index contributed by atoms with van der Waals surface area (Å²) in [6.07, 6.45) is 3.93. The van der Waals surface area contributed by atoms with Crippen LogP contribution in [0.4, 0.5) is 11.5 Å². The fourth-order valence-electron chi connectivity index (χ4n) is 2.76. The van der Waals surface area contributed by atoms with Crippen LogP contribution >= 0.6 is 11.6 Å². The first-order valence-corrected chi connectivity index (χ1v) is 7.30. The van der Waals surface area contributed by atoms with Crippen LogP contribution in [0.1, 0.15) is 24.4 Å². The van der Waals surface area contributed by atoms with Crippen molar-refractivity contribution < 1.29 is 0 Å². The van der Waals surface area contributed by atoms with Gasteiger partial charge in [-0.2, -0.15) is 10.4 Å². The third kappa shape index (κ3) is 2.81. The highest BCUT2D eigenvalue weighted by molar-refractivity contribution is 6.33. The number of nitrogens with two attached hydrogens (primary N) is 1. The molecule has 1 aromatic carbocycles. The lowest BCUT2D eigenvalue weighted by Crippen LogP contribution is -2.35. The summed E-state index contributed by atoms with van der Waals surface area (Å²) >= 11 is 6.27. The Labute approximate surface area is 128 Å². The quantitative estimate of drug-likeness (QED) is 0.926. The van der Waals surface area contributed by atoms with Crippen molar-refractivity contribution in [1.82, 2.24) is 9.78 Å². The standard InChI is InChI=1S/C15H16ClN5/c16-13-9-11(10-17)1-2-14(13)20-6-3-12(4-7-20)21-8-5-15(18)19-21/h1-2,5,8-9,12H,3-4,6-7H2,(H2,18,19). The van der Waals surface area contributed by atoms with Gasteiger partial charge in [0.2, 0.25) is 0 Å². The lowest BCUT2D eigenvalue weighted by atomic mass is 10.0. The molecular weight excluding hydrogens is 286 g/mol. The molecule has 6 heteroatoms. The molecule has 0 unspecified atom stereocenters. The molecule has 1 aliphatic rings. The molecular formula is C15H16ClN5. The number of aromatic nitrogens is 2. The summed E-state index contributed by atoms with van der Waals surface area (Å²) in [4.78, 5) is 2.26. The first kappa shape index (κ1) is 13.8. The average molecular weight is 302 g/mol. The van der Waals surface area contributed by atoms with Crippen LogP contribution in [0.2, 0.25) is 5.02 Å². The van der Waals surface area contributed by atoms with Crippen LogP contribution in [-0.4, -0.2) is 22.9 Å². The molecule has 1 saturated heterocycles. The second kappa shape index (κ2) is 5.66. The predicted octanol–water partition coefficient (Wildman–Crippen LogP) is 2.83. The highest BCUT2D eigenvalue weighted by Gasteiger charge is 2.22. The van der Waals surface area contributed by atoms with E-state index in [-0.39, 0.29) is 0 Å². The van der Waals surface area contributed by atoms with Gasteiger partial charge in [0.15, 0.2) is 0 Å². The van der Waals surface area contributed by atoms with Gasteiger partial charge in [0.05, 0.1) is 28.4 Å². The van der Waals surface area contributed by atoms with Gasteiger partial charge in [-0.3, -0.25) is 4.68 Å². The minimum Gasteiger partial charge on any atom is -0.382 e. The smallest absolute Gasteiger partial charge is 0.145 e. The van der Waals surface area contributed by atoms with Crippen molar-refractivity contribution in [3.05, 3.63) is 41.0 Å². The summed E-state index contributed by atoms with van der Waals surface area (Å²) in [7, 11) is 0. The average Bonchev–Trinajstić information content (AvgIpc) is 2.94. The minimum absolute atomic E-state index is 0.385. The maximum absolute atomic E-state index is 8.88. The van der Waals surface area contributed by atoms with Crippen LogP contribution in [0.5, 0.6) is 0 Å². The number of rotatable bonds is 2. The summed E-state index contributed by atoms with van der Waals surface area (Å²) < 4.78 is 1.95. The highest BCUT2D eigenvalue weighted by Crippen LogP contribution is 2.31. The molecule has 0 saturated carbocycles. The Hall–Kier alpha value is -2.19. The van der Waals surface area contributed by atoms with Crippen LogP contribution in [0.25, 0.3) is 0 Å². The molecule has 1 aromatic heterocycles. The van der Waals surface area contributed by atoms with Gasteiger partial charge in [0.25, 0.3) is 0 Å². The van der Waals surface area contributed by atoms with E-state index in [0.717, 1.165) is 31.6 Å². The van der Waals surface area contributed by atoms with Gasteiger partial charge in [0.1, 0.15) is 5.82 Å². The van der Waals surface area contributed by atoms with E-state index in [9.17, 15) is 0 Å². The first-order valence-electron chi connectivity index (χ1n) is 6.92. The van der Waals surface area contributed by atoms with Gasteiger partial charge >= 0.3 is 0 Å². The van der Waals surface area contributed by atoms with E-state index < -0.39 is 0 Å². The maximum atomic E-state index is 8.88. The fourth-order valence-corrected chi connectivity index (χ4v) is 3.06. The Bertz CT molecular complexity index is 680. The number of nitrogen functional groups attached to an aromatic ring is 1. The SMILES string of the molecule is N#Cc1ccc(N2CCC(n3ccc(N)n3)CC2)c(Cl)c1. The number of nitriles is 1. The zero-order chi connectivity index (χ0) is 14.8. The van der Waals surface area contributed by atoms with Crippen molar-refractivity contribution in [2.75, 3.05) is 23.7 Å². The lowest BCUT2D eigenvalue weighted by Gasteiger charge is -2.34. The van der Waals surface area contributed by atoms with Crippen molar-refractivity contribution in [3.8, 4) is 6.07 Å². The van der Waals surface area contributed by atoms with Crippen LogP contribution in [-0.2, 0) is 0 Å². The van der Waals surface area contributed by atoms with Gasteiger partial charge in [-0.15, -0.1) is 0 Å². The summed E-state index contributed by atoms with van der Waals surface area (Å²) in [5.41, 5.74) is 7.25. The number of piperidine rings is 1. The third-order valence-electron chi connectivity index (χ3n) is 3.89. The van der Waals surface area contributed by atoms with Crippen molar-refractivity contribution in [1.29, 1.82) is 5.26 Å². The molecule has 108 valence electrons. The number of anilines is 2. The predicted molar refractivity (Wildman–Crippen MR) is 83.3 cm³/mol. The zero-order valence-corrected chi connectivity index (χ0v) is 12.3. The Balaban J connectivity index is 1.70. The molecule has 5 nitrogen and oxygen atoms in total. The molecule has 2 N–H and O–H groups in total. The number of hydrogen-bond acceptors (Lipinski definition) is 4. The van der Waals surface area contributed by atoms with Crippen molar-refractivity contribution >= 4 is 23.1 Å². The summed E-state index contributed by atoms with van der Waals surface area (Å²) in [6.45, 7) is 1.83. The minimum atomic E-state index is 0.385. The molecule has 1 aliphatic heterocycles. The molecule has 0 bridgehead atoms. The monoisotopic (exact) mass is 301 g/mol. The molecule has 0 atom stereocenters. The lowest BCUT2D eigenvalue weighted by molar-refractivity contribution is 0.368. The summed E-state index contributed by atoms with van der Waals surface area (Å²) in [5.74, 6) is 0.563. The fraction of sp³-hybridized carbons (Fsp3) is 0.333. The van der Waals surface area contributed by atoms with E-state index >= 15 is 0 Å². The summed E-state index contributed by atoms with van der Waals surface area (Å²) in [5, 5.41) is 13.8. The van der Waals surface area contributed by atoms with E-state index in [2.05, 4.69) is 16.1 Å². The number of nitrogens with zero attached hydrogens (tertiary/aromatic N) is 4. The molecule has 0 aliphatic carbocycles. The van der Waals surface area contributed by atoms with Gasteiger partial charge in [-0.25, -0.2) is 0 Å². The van der Waals surface area contributed by atoms with E-state index in [4.69, 9.17) is 22.6 Å². The molecule has 1 fully saturated rings. The van der Waals surface area contributed by atoms with Crippen molar-refractivity contribution in [2.24, 2.45) is 0 Å². The second-order valence-electron chi connectivity index (χ2n) is 5.22. The zero-order valence-electron chi connectivity index (χ0n) is 11.5. The van der Waals surface area contributed by atoms with Gasteiger partial charge < -0.3 is 10.6 Å². The van der Waals surface area contributed by atoms with Crippen molar-refractivity contribution in [2.45, 2.75) is 18.9 Å². The van der Waals surface area contributed by atoms with Crippen LogP contribution in [0, 0.1) is 11.3 Å². The Morgan fingerprint density at radius 3 is 2.62 bits per heavy atom. The Morgan fingerprint density at radius 2 is 2.05 bits per heavy atom. The number of hydrogen-bond donors (Lipinski definition) is 1. The van der Waals surface area contributed by atoms with Crippen molar-refractivity contribution in [3.63, 3.8) is 0 Å². The molecule has 2 aromatic rings. The topological polar surface area (TPSA) is 70.9 Å². The van der Waals surface area contributed by atoms with Crippen LogP contribution in [0.15, 0.2) is 30.5 Å². The molecule has 0 spiro atoms. The van der Waals surface area contributed by atoms with Crippen LogP contribution in [0.3, 0.4) is 0 Å². The third-order valence-corrected chi connectivity index (χ3v) is 4.19. The molecule has 0 amide bonds. The first-order chi connectivity index (χ1) is 10.2. The maximum Gasteiger partial charge on any atom is 0.145 e. The molecule has 3 rings (SSSR count). The molecule has 21 heavy (non-hydrogen) atoms. The Kier molecular flexibility index (Phi) is 3.72. The molecule has 0 radical (unpaired) electrons. The van der Waals surface area contributed by atoms with E-state index in [1.165, 1.54) is 0 Å². The summed E-state index contributed by atoms with van der Waals surface area (Å²) in [6, 6.07) is 9.76. The van der Waals surface area contributed by atoms with Crippen LogP contribution < -0.4 is 10.6 Å². The van der Waals surface area contributed by atoms with E-state index in [0.29, 0.717) is 22.4 Å².